The zero-order chi connectivity index (χ0) is 21.4. The van der Waals surface area contributed by atoms with Crippen LogP contribution in [0.4, 0.5) is 5.69 Å². The van der Waals surface area contributed by atoms with Crippen molar-refractivity contribution in [2.75, 3.05) is 5.32 Å². The van der Waals surface area contributed by atoms with E-state index in [1.807, 2.05) is 48.7 Å². The Morgan fingerprint density at radius 2 is 1.97 bits per heavy atom. The van der Waals surface area contributed by atoms with Crippen LogP contribution in [-0.4, -0.2) is 26.3 Å². The molecule has 6 nitrogen and oxygen atoms in total. The van der Waals surface area contributed by atoms with Gasteiger partial charge in [0.1, 0.15) is 0 Å². The SMILES string of the molecule is Cc1cnc2c(C(=O)c3cccs3)cnn2c1-c1cccc(NC(=O)C2CCCC2)c1. The van der Waals surface area contributed by atoms with Crippen LogP contribution in [0.2, 0.25) is 0 Å². The molecule has 0 atom stereocenters. The number of nitrogens with one attached hydrogen (secondary N) is 1. The smallest absolute Gasteiger partial charge is 0.227 e. The number of thiophene rings is 1. The van der Waals surface area contributed by atoms with Crippen LogP contribution in [-0.2, 0) is 4.79 Å². The molecule has 1 saturated carbocycles. The molecule has 1 amide bonds. The zero-order valence-electron chi connectivity index (χ0n) is 17.2. The summed E-state index contributed by atoms with van der Waals surface area (Å²) < 4.78 is 1.72. The van der Waals surface area contributed by atoms with E-state index in [1.54, 1.807) is 16.9 Å². The Kier molecular flexibility index (Phi) is 5.11. The first kappa shape index (κ1) is 19.6. The molecule has 0 aliphatic heterocycles. The molecule has 7 heteroatoms. The van der Waals surface area contributed by atoms with E-state index in [0.717, 1.165) is 48.2 Å². The minimum Gasteiger partial charge on any atom is -0.326 e. The number of aryl methyl sites for hydroxylation is 1. The number of hydrogen-bond acceptors (Lipinski definition) is 5. The standard InChI is InChI=1S/C24H22N4O2S/c1-15-13-25-23-19(22(29)20-10-5-11-31-20)14-26-28(23)21(15)17-8-4-9-18(12-17)27-24(30)16-6-2-3-7-16/h4-5,8-14,16H,2-3,6-7H2,1H3,(H,27,30). The minimum absolute atomic E-state index is 0.0788. The van der Waals surface area contributed by atoms with Crippen LogP contribution >= 0.6 is 11.3 Å². The average Bonchev–Trinajstić information content (AvgIpc) is 3.55. The van der Waals surface area contributed by atoms with Crippen LogP contribution in [0.3, 0.4) is 0 Å². The van der Waals surface area contributed by atoms with E-state index in [1.165, 1.54) is 11.3 Å². The van der Waals surface area contributed by atoms with Gasteiger partial charge in [-0.25, -0.2) is 9.50 Å². The second-order valence-electron chi connectivity index (χ2n) is 7.94. The van der Waals surface area contributed by atoms with E-state index >= 15 is 0 Å². The summed E-state index contributed by atoms with van der Waals surface area (Å²) >= 11 is 1.40. The molecule has 5 rings (SSSR count). The van der Waals surface area contributed by atoms with Crippen LogP contribution in [0.1, 0.15) is 46.5 Å². The normalized spacial score (nSPS) is 14.2. The fourth-order valence-electron chi connectivity index (χ4n) is 4.24. The van der Waals surface area contributed by atoms with Gasteiger partial charge in [-0.1, -0.05) is 31.0 Å². The van der Waals surface area contributed by atoms with Crippen LogP contribution in [0.25, 0.3) is 16.9 Å². The Morgan fingerprint density at radius 3 is 2.74 bits per heavy atom. The van der Waals surface area contributed by atoms with Crippen molar-refractivity contribution in [3.63, 3.8) is 0 Å². The van der Waals surface area contributed by atoms with Gasteiger partial charge in [-0.2, -0.15) is 5.10 Å². The molecule has 1 fully saturated rings. The number of aromatic nitrogens is 3. The van der Waals surface area contributed by atoms with Crippen molar-refractivity contribution in [1.29, 1.82) is 0 Å². The van der Waals surface area contributed by atoms with Gasteiger partial charge in [0.15, 0.2) is 5.65 Å². The fraction of sp³-hybridized carbons (Fsp3) is 0.250. The van der Waals surface area contributed by atoms with Gasteiger partial charge in [-0.05, 0) is 48.9 Å². The van der Waals surface area contributed by atoms with E-state index in [4.69, 9.17) is 0 Å². The Morgan fingerprint density at radius 1 is 1.13 bits per heavy atom. The van der Waals surface area contributed by atoms with E-state index in [-0.39, 0.29) is 17.6 Å². The largest absolute Gasteiger partial charge is 0.326 e. The van der Waals surface area contributed by atoms with Crippen molar-refractivity contribution in [3.8, 4) is 11.3 Å². The number of ketones is 1. The Hall–Kier alpha value is -3.32. The van der Waals surface area contributed by atoms with E-state index in [0.29, 0.717) is 16.1 Å². The second kappa shape index (κ2) is 8.07. The van der Waals surface area contributed by atoms with Gasteiger partial charge in [-0.15, -0.1) is 11.3 Å². The van der Waals surface area contributed by atoms with Crippen molar-refractivity contribution >= 4 is 34.4 Å². The molecule has 156 valence electrons. The summed E-state index contributed by atoms with van der Waals surface area (Å²) in [5, 5.41) is 9.44. The molecule has 3 heterocycles. The summed E-state index contributed by atoms with van der Waals surface area (Å²) in [6.07, 6.45) is 7.52. The number of hydrogen-bond donors (Lipinski definition) is 1. The number of carbonyl (C=O) groups is 2. The Balaban J connectivity index is 1.52. The van der Waals surface area contributed by atoms with Crippen LogP contribution < -0.4 is 5.32 Å². The van der Waals surface area contributed by atoms with Crippen LogP contribution in [0.15, 0.2) is 54.2 Å². The van der Waals surface area contributed by atoms with E-state index in [2.05, 4.69) is 15.4 Å². The molecular formula is C24H22N4O2S. The molecule has 0 spiro atoms. The number of amides is 1. The lowest BCUT2D eigenvalue weighted by atomic mass is 10.1. The van der Waals surface area contributed by atoms with E-state index < -0.39 is 0 Å². The van der Waals surface area contributed by atoms with Gasteiger partial charge in [0.05, 0.1) is 22.3 Å². The summed E-state index contributed by atoms with van der Waals surface area (Å²) in [4.78, 5) is 30.6. The third-order valence-corrected chi connectivity index (χ3v) is 6.70. The van der Waals surface area contributed by atoms with Crippen molar-refractivity contribution in [3.05, 3.63) is 70.2 Å². The van der Waals surface area contributed by atoms with Gasteiger partial charge in [-0.3, -0.25) is 9.59 Å². The summed E-state index contributed by atoms with van der Waals surface area (Å²) in [7, 11) is 0. The highest BCUT2D eigenvalue weighted by Gasteiger charge is 2.23. The first-order chi connectivity index (χ1) is 15.1. The molecule has 31 heavy (non-hydrogen) atoms. The summed E-state index contributed by atoms with van der Waals surface area (Å²) in [6.45, 7) is 1.97. The Bertz CT molecular complexity index is 1270. The molecule has 3 aromatic heterocycles. The third-order valence-electron chi connectivity index (χ3n) is 5.83. The first-order valence-electron chi connectivity index (χ1n) is 10.4. The number of fused-ring (bicyclic) bond motifs is 1. The highest BCUT2D eigenvalue weighted by Crippen LogP contribution is 2.29. The number of anilines is 1. The number of rotatable bonds is 5. The number of carbonyl (C=O) groups excluding carboxylic acids is 2. The van der Waals surface area contributed by atoms with Crippen LogP contribution in [0.5, 0.6) is 0 Å². The van der Waals surface area contributed by atoms with Crippen molar-refractivity contribution < 1.29 is 9.59 Å². The maximum absolute atomic E-state index is 12.9. The molecule has 1 N–H and O–H groups in total. The van der Waals surface area contributed by atoms with Crippen molar-refractivity contribution in [2.24, 2.45) is 5.92 Å². The van der Waals surface area contributed by atoms with Gasteiger partial charge in [0.25, 0.3) is 0 Å². The average molecular weight is 431 g/mol. The third kappa shape index (κ3) is 3.65. The second-order valence-corrected chi connectivity index (χ2v) is 8.89. The minimum atomic E-state index is -0.0788. The predicted octanol–water partition coefficient (Wildman–Crippen LogP) is 5.13. The summed E-state index contributed by atoms with van der Waals surface area (Å²) in [5.41, 5.74) is 4.47. The maximum atomic E-state index is 12.9. The van der Waals surface area contributed by atoms with Gasteiger partial charge in [0.2, 0.25) is 11.7 Å². The molecule has 1 aliphatic carbocycles. The lowest BCUT2D eigenvalue weighted by Crippen LogP contribution is -2.20. The maximum Gasteiger partial charge on any atom is 0.227 e. The molecule has 0 saturated heterocycles. The van der Waals surface area contributed by atoms with Crippen molar-refractivity contribution in [1.82, 2.24) is 14.6 Å². The molecule has 4 aromatic rings. The van der Waals surface area contributed by atoms with Crippen LogP contribution in [0, 0.1) is 12.8 Å². The first-order valence-corrected chi connectivity index (χ1v) is 11.3. The highest BCUT2D eigenvalue weighted by molar-refractivity contribution is 7.12. The van der Waals surface area contributed by atoms with Gasteiger partial charge >= 0.3 is 0 Å². The lowest BCUT2D eigenvalue weighted by Gasteiger charge is -2.13. The molecular weight excluding hydrogens is 408 g/mol. The summed E-state index contributed by atoms with van der Waals surface area (Å²) in [5.74, 6) is 0.119. The molecule has 0 bridgehead atoms. The van der Waals surface area contributed by atoms with E-state index in [9.17, 15) is 9.59 Å². The quantitative estimate of drug-likeness (QED) is 0.446. The highest BCUT2D eigenvalue weighted by atomic mass is 32.1. The van der Waals surface area contributed by atoms with Gasteiger partial charge < -0.3 is 5.32 Å². The number of nitrogens with zero attached hydrogens (tertiary/aromatic N) is 3. The molecule has 0 radical (unpaired) electrons. The molecule has 0 unspecified atom stereocenters. The summed E-state index contributed by atoms with van der Waals surface area (Å²) in [6, 6.07) is 11.4. The fourth-order valence-corrected chi connectivity index (χ4v) is 4.92. The van der Waals surface area contributed by atoms with Gasteiger partial charge in [0, 0.05) is 23.4 Å². The monoisotopic (exact) mass is 430 g/mol. The zero-order valence-corrected chi connectivity index (χ0v) is 18.0. The lowest BCUT2D eigenvalue weighted by molar-refractivity contribution is -0.119. The number of benzene rings is 1. The molecule has 1 aliphatic rings. The molecule has 1 aromatic carbocycles. The Labute approximate surface area is 183 Å². The predicted molar refractivity (Wildman–Crippen MR) is 121 cm³/mol. The topological polar surface area (TPSA) is 76.4 Å². The van der Waals surface area contributed by atoms with Crippen molar-refractivity contribution in [2.45, 2.75) is 32.6 Å².